The molecule has 0 spiro atoms. The second kappa shape index (κ2) is 9.98. The number of piperidine rings is 1. The fourth-order valence-electron chi connectivity index (χ4n) is 5.92. The Morgan fingerprint density at radius 3 is 2.40 bits per heavy atom. The minimum absolute atomic E-state index is 0.236. The summed E-state index contributed by atoms with van der Waals surface area (Å²) in [5, 5.41) is 12.9. The number of carbonyl (C=O) groups is 1. The smallest absolute Gasteiger partial charge is 0.256 e. The van der Waals surface area contributed by atoms with Crippen molar-refractivity contribution in [3.63, 3.8) is 0 Å². The summed E-state index contributed by atoms with van der Waals surface area (Å²) in [5.41, 5.74) is 7.59. The number of aryl methyl sites for hydroxylation is 2. The van der Waals surface area contributed by atoms with Gasteiger partial charge >= 0.3 is 0 Å². The van der Waals surface area contributed by atoms with Gasteiger partial charge in [-0.3, -0.25) is 14.5 Å². The number of amides is 1. The van der Waals surface area contributed by atoms with Crippen molar-refractivity contribution < 1.29 is 4.79 Å². The molecule has 0 unspecified atom stereocenters. The van der Waals surface area contributed by atoms with Crippen molar-refractivity contribution in [2.24, 2.45) is 7.05 Å². The van der Waals surface area contributed by atoms with Crippen LogP contribution in [0, 0.1) is 6.92 Å². The lowest BCUT2D eigenvalue weighted by molar-refractivity contribution is 0.102. The summed E-state index contributed by atoms with van der Waals surface area (Å²) in [5.74, 6) is 0.626. The predicted octanol–water partition coefficient (Wildman–Crippen LogP) is 5.09. The maximum Gasteiger partial charge on any atom is 0.256 e. The minimum atomic E-state index is -0.236. The van der Waals surface area contributed by atoms with E-state index in [1.165, 1.54) is 24.1 Å². The van der Waals surface area contributed by atoms with Crippen molar-refractivity contribution in [3.8, 4) is 22.5 Å². The summed E-state index contributed by atoms with van der Waals surface area (Å²) in [6, 6.07) is 16.7. The molecule has 1 N–H and O–H groups in total. The Morgan fingerprint density at radius 2 is 1.68 bits per heavy atom. The van der Waals surface area contributed by atoms with E-state index in [-0.39, 0.29) is 5.91 Å². The maximum absolute atomic E-state index is 12.7. The molecule has 2 fully saturated rings. The van der Waals surface area contributed by atoms with E-state index in [1.807, 2.05) is 12.1 Å². The quantitative estimate of drug-likeness (QED) is 0.327. The standard InChI is InChI=1S/C31H32N8O/c1-20-3-5-21(6-4-20)29-28(30(37(2)36-29)22-13-17-38(18-14-22)24-7-8-24)25-9-10-27-33-26(19-39(27)35-25)34-31(40)23-11-15-32-16-12-23/h3-6,9-12,15-16,19,22,24H,7-8,13-14,17-18H2,1-2H3,(H,34,40). The average molecular weight is 533 g/mol. The zero-order valence-electron chi connectivity index (χ0n) is 22.8. The number of aromatic nitrogens is 6. The summed E-state index contributed by atoms with van der Waals surface area (Å²) < 4.78 is 3.81. The van der Waals surface area contributed by atoms with Gasteiger partial charge in [-0.1, -0.05) is 29.8 Å². The lowest BCUT2D eigenvalue weighted by atomic mass is 9.88. The number of nitrogens with zero attached hydrogens (tertiary/aromatic N) is 7. The number of rotatable bonds is 6. The summed E-state index contributed by atoms with van der Waals surface area (Å²) in [6.07, 6.45) is 9.88. The first-order chi connectivity index (χ1) is 19.5. The molecule has 40 heavy (non-hydrogen) atoms. The normalized spacial score (nSPS) is 16.4. The zero-order chi connectivity index (χ0) is 27.2. The summed E-state index contributed by atoms with van der Waals surface area (Å²) >= 11 is 0. The number of anilines is 1. The molecule has 1 aliphatic heterocycles. The van der Waals surface area contributed by atoms with Gasteiger partial charge in [0.1, 0.15) is 5.69 Å². The van der Waals surface area contributed by atoms with Crippen LogP contribution in [0.1, 0.15) is 53.2 Å². The van der Waals surface area contributed by atoms with Crippen LogP contribution in [0.25, 0.3) is 28.2 Å². The van der Waals surface area contributed by atoms with Crippen LogP contribution >= 0.6 is 0 Å². The second-order valence-corrected chi connectivity index (χ2v) is 11.0. The van der Waals surface area contributed by atoms with Gasteiger partial charge in [-0.15, -0.1) is 0 Å². The van der Waals surface area contributed by atoms with Gasteiger partial charge in [0.15, 0.2) is 11.5 Å². The number of fused-ring (bicyclic) bond motifs is 1. The number of benzene rings is 1. The minimum Gasteiger partial charge on any atom is -0.305 e. The van der Waals surface area contributed by atoms with E-state index in [0.29, 0.717) is 22.9 Å². The molecule has 5 aromatic rings. The molecule has 1 aromatic carbocycles. The van der Waals surface area contributed by atoms with Gasteiger partial charge in [-0.25, -0.2) is 9.50 Å². The highest BCUT2D eigenvalue weighted by molar-refractivity contribution is 6.03. The molecule has 0 bridgehead atoms. The van der Waals surface area contributed by atoms with E-state index in [0.717, 1.165) is 54.5 Å². The van der Waals surface area contributed by atoms with E-state index in [9.17, 15) is 4.79 Å². The number of hydrogen-bond acceptors (Lipinski definition) is 6. The van der Waals surface area contributed by atoms with Crippen LogP contribution in [-0.2, 0) is 7.05 Å². The SMILES string of the molecule is Cc1ccc(-c2nn(C)c(C3CCN(C4CC4)CC3)c2-c2ccc3nc(NC(=O)c4ccncc4)cn3n2)cc1. The lowest BCUT2D eigenvalue weighted by Gasteiger charge is -2.32. The van der Waals surface area contributed by atoms with Gasteiger partial charge < -0.3 is 10.2 Å². The van der Waals surface area contributed by atoms with Gasteiger partial charge in [-0.2, -0.15) is 10.2 Å². The Labute approximate surface area is 232 Å². The summed E-state index contributed by atoms with van der Waals surface area (Å²) in [4.78, 5) is 23.9. The molecule has 1 aliphatic carbocycles. The third kappa shape index (κ3) is 4.66. The first-order valence-electron chi connectivity index (χ1n) is 14.0. The van der Waals surface area contributed by atoms with Crippen molar-refractivity contribution in [3.05, 3.63) is 83.9 Å². The Hall–Kier alpha value is -4.37. The van der Waals surface area contributed by atoms with Gasteiger partial charge in [0, 0.05) is 42.5 Å². The highest BCUT2D eigenvalue weighted by Crippen LogP contribution is 2.42. The van der Waals surface area contributed by atoms with E-state index in [2.05, 4.69) is 63.1 Å². The summed E-state index contributed by atoms with van der Waals surface area (Å²) in [7, 11) is 2.06. The largest absolute Gasteiger partial charge is 0.305 e. The Morgan fingerprint density at radius 1 is 0.925 bits per heavy atom. The molecule has 0 atom stereocenters. The number of pyridine rings is 1. The fraction of sp³-hybridized carbons (Fsp3) is 0.323. The van der Waals surface area contributed by atoms with Gasteiger partial charge in [0.2, 0.25) is 0 Å². The molecule has 7 rings (SSSR count). The first kappa shape index (κ1) is 24.7. The molecular formula is C31H32N8O. The van der Waals surface area contributed by atoms with Crippen molar-refractivity contribution in [2.75, 3.05) is 18.4 Å². The van der Waals surface area contributed by atoms with Crippen LogP contribution < -0.4 is 5.32 Å². The number of hydrogen-bond donors (Lipinski definition) is 1. The second-order valence-electron chi connectivity index (χ2n) is 11.0. The molecule has 2 aliphatic rings. The highest BCUT2D eigenvalue weighted by atomic mass is 16.1. The third-order valence-corrected chi connectivity index (χ3v) is 8.16. The fourth-order valence-corrected chi connectivity index (χ4v) is 5.92. The summed E-state index contributed by atoms with van der Waals surface area (Å²) in [6.45, 7) is 4.37. The van der Waals surface area contributed by atoms with Crippen LogP contribution in [0.15, 0.2) is 67.1 Å². The van der Waals surface area contributed by atoms with Crippen molar-refractivity contribution in [1.82, 2.24) is 34.3 Å². The Balaban J connectivity index is 1.27. The van der Waals surface area contributed by atoms with Crippen molar-refractivity contribution >= 4 is 17.4 Å². The molecule has 9 nitrogen and oxygen atoms in total. The average Bonchev–Trinajstić information content (AvgIpc) is 3.66. The van der Waals surface area contributed by atoms with E-state index >= 15 is 0 Å². The number of nitrogens with one attached hydrogen (secondary N) is 1. The van der Waals surface area contributed by atoms with Crippen molar-refractivity contribution in [1.29, 1.82) is 0 Å². The topological polar surface area (TPSA) is 93.2 Å². The Bertz CT molecular complexity index is 1680. The Kier molecular flexibility index (Phi) is 6.15. The van der Waals surface area contributed by atoms with Crippen LogP contribution in [-0.4, -0.2) is 59.3 Å². The molecule has 1 amide bonds. The molecule has 5 heterocycles. The van der Waals surface area contributed by atoms with Crippen molar-refractivity contribution in [2.45, 2.75) is 44.6 Å². The molecule has 9 heteroatoms. The molecule has 1 saturated heterocycles. The number of carbonyl (C=O) groups excluding carboxylic acids is 1. The molecule has 1 saturated carbocycles. The third-order valence-electron chi connectivity index (χ3n) is 8.16. The van der Waals surface area contributed by atoms with Crippen LogP contribution in [0.3, 0.4) is 0 Å². The van der Waals surface area contributed by atoms with Gasteiger partial charge in [0.05, 0.1) is 23.1 Å². The molecular weight excluding hydrogens is 500 g/mol. The highest BCUT2D eigenvalue weighted by Gasteiger charge is 2.35. The number of imidazole rings is 1. The molecule has 0 radical (unpaired) electrons. The lowest BCUT2D eigenvalue weighted by Crippen LogP contribution is -2.35. The predicted molar refractivity (Wildman–Crippen MR) is 154 cm³/mol. The molecule has 4 aromatic heterocycles. The van der Waals surface area contributed by atoms with Crippen LogP contribution in [0.5, 0.6) is 0 Å². The molecule has 202 valence electrons. The maximum atomic E-state index is 12.7. The first-order valence-corrected chi connectivity index (χ1v) is 14.0. The van der Waals surface area contributed by atoms with Gasteiger partial charge in [-0.05, 0) is 70.0 Å². The number of likely N-dealkylation sites (tertiary alicyclic amines) is 1. The van der Waals surface area contributed by atoms with Crippen LogP contribution in [0.4, 0.5) is 5.82 Å². The van der Waals surface area contributed by atoms with E-state index < -0.39 is 0 Å². The monoisotopic (exact) mass is 532 g/mol. The zero-order valence-corrected chi connectivity index (χ0v) is 22.8. The van der Waals surface area contributed by atoms with E-state index in [4.69, 9.17) is 10.2 Å². The van der Waals surface area contributed by atoms with Gasteiger partial charge in [0.25, 0.3) is 5.91 Å². The van der Waals surface area contributed by atoms with Crippen LogP contribution in [0.2, 0.25) is 0 Å². The van der Waals surface area contributed by atoms with E-state index in [1.54, 1.807) is 35.2 Å².